The van der Waals surface area contributed by atoms with Gasteiger partial charge in [0.15, 0.2) is 11.5 Å². The first kappa shape index (κ1) is 12.1. The van der Waals surface area contributed by atoms with Crippen molar-refractivity contribution < 1.29 is 9.47 Å². The molecule has 1 N–H and O–H groups in total. The van der Waals surface area contributed by atoms with Crippen molar-refractivity contribution in [3.05, 3.63) is 33.6 Å². The van der Waals surface area contributed by atoms with Crippen LogP contribution >= 0.6 is 0 Å². The average Bonchev–Trinajstić information content (AvgIpc) is 2.42. The Morgan fingerprint density at radius 3 is 2.58 bits per heavy atom. The number of hydrogen-bond acceptors (Lipinski definition) is 3. The van der Waals surface area contributed by atoms with E-state index in [0.29, 0.717) is 19.0 Å². The molecule has 0 aliphatic carbocycles. The molecule has 4 heteroatoms. The van der Waals surface area contributed by atoms with E-state index in [1.807, 2.05) is 19.1 Å². The van der Waals surface area contributed by atoms with E-state index in [9.17, 15) is 4.79 Å². The smallest absolute Gasteiger partial charge is 0.251 e. The van der Waals surface area contributed by atoms with Gasteiger partial charge in [0.05, 0.1) is 5.52 Å². The van der Waals surface area contributed by atoms with Crippen LogP contribution in [0.1, 0.15) is 24.5 Å². The van der Waals surface area contributed by atoms with Crippen LogP contribution in [-0.2, 0) is 6.42 Å². The summed E-state index contributed by atoms with van der Waals surface area (Å²) in [5.74, 6) is 1.48. The number of aryl methyl sites for hydroxylation is 1. The number of aromatic amines is 1. The lowest BCUT2D eigenvalue weighted by Gasteiger charge is -2.20. The number of H-pyrrole nitrogens is 1. The molecule has 3 rings (SSSR count). The number of pyridine rings is 1. The van der Waals surface area contributed by atoms with Gasteiger partial charge in [-0.15, -0.1) is 0 Å². The third-order valence-corrected chi connectivity index (χ3v) is 3.55. The Morgan fingerprint density at radius 1 is 1.21 bits per heavy atom. The maximum atomic E-state index is 12.0. The van der Waals surface area contributed by atoms with E-state index in [4.69, 9.17) is 9.47 Å². The Labute approximate surface area is 111 Å². The number of hydrogen-bond donors (Lipinski definition) is 1. The summed E-state index contributed by atoms with van der Waals surface area (Å²) in [6, 6.07) is 3.85. The molecule has 1 aliphatic heterocycles. The second-order valence-corrected chi connectivity index (χ2v) is 4.85. The lowest BCUT2D eigenvalue weighted by atomic mass is 9.99. The SMILES string of the molecule is CCCc1c(C)c(=O)[nH]c2cc3c(cc12)OCCO3. The molecule has 19 heavy (non-hydrogen) atoms. The largest absolute Gasteiger partial charge is 0.486 e. The van der Waals surface area contributed by atoms with Crippen LogP contribution in [0.4, 0.5) is 0 Å². The molecule has 0 bridgehead atoms. The van der Waals surface area contributed by atoms with Crippen LogP contribution < -0.4 is 15.0 Å². The quantitative estimate of drug-likeness (QED) is 0.901. The van der Waals surface area contributed by atoms with Crippen molar-refractivity contribution in [2.45, 2.75) is 26.7 Å². The van der Waals surface area contributed by atoms with Crippen molar-refractivity contribution in [2.24, 2.45) is 0 Å². The number of ether oxygens (including phenoxy) is 2. The molecule has 0 unspecified atom stereocenters. The number of rotatable bonds is 2. The van der Waals surface area contributed by atoms with E-state index in [-0.39, 0.29) is 5.56 Å². The Bertz CT molecular complexity index is 688. The van der Waals surface area contributed by atoms with Gasteiger partial charge in [0, 0.05) is 17.0 Å². The zero-order valence-corrected chi connectivity index (χ0v) is 11.2. The molecule has 100 valence electrons. The van der Waals surface area contributed by atoms with Gasteiger partial charge in [-0.05, 0) is 25.0 Å². The van der Waals surface area contributed by atoms with Crippen molar-refractivity contribution in [1.82, 2.24) is 4.98 Å². The van der Waals surface area contributed by atoms with Gasteiger partial charge in [0.25, 0.3) is 5.56 Å². The maximum Gasteiger partial charge on any atom is 0.251 e. The van der Waals surface area contributed by atoms with Crippen molar-refractivity contribution in [3.8, 4) is 11.5 Å². The summed E-state index contributed by atoms with van der Waals surface area (Å²) in [5, 5.41) is 1.06. The molecule has 0 saturated heterocycles. The van der Waals surface area contributed by atoms with E-state index < -0.39 is 0 Å². The highest BCUT2D eigenvalue weighted by molar-refractivity contribution is 5.86. The molecule has 1 aliphatic rings. The minimum atomic E-state index is -0.0207. The topological polar surface area (TPSA) is 51.3 Å². The van der Waals surface area contributed by atoms with Crippen LogP contribution in [0, 0.1) is 6.92 Å². The fourth-order valence-electron chi connectivity index (χ4n) is 2.57. The fourth-order valence-corrected chi connectivity index (χ4v) is 2.57. The molecule has 1 aromatic carbocycles. The van der Waals surface area contributed by atoms with Crippen LogP contribution in [0.2, 0.25) is 0 Å². The molecular formula is C15H17NO3. The third-order valence-electron chi connectivity index (χ3n) is 3.55. The lowest BCUT2D eigenvalue weighted by Crippen LogP contribution is -2.17. The van der Waals surface area contributed by atoms with Crippen molar-refractivity contribution in [2.75, 3.05) is 13.2 Å². The van der Waals surface area contributed by atoms with Gasteiger partial charge in [-0.2, -0.15) is 0 Å². The van der Waals surface area contributed by atoms with Crippen LogP contribution in [-0.4, -0.2) is 18.2 Å². The first-order chi connectivity index (χ1) is 9.20. The number of aromatic nitrogens is 1. The summed E-state index contributed by atoms with van der Waals surface area (Å²) in [7, 11) is 0. The van der Waals surface area contributed by atoms with Crippen molar-refractivity contribution in [3.63, 3.8) is 0 Å². The van der Waals surface area contributed by atoms with Crippen LogP contribution in [0.5, 0.6) is 11.5 Å². The molecule has 0 atom stereocenters. The molecule has 2 heterocycles. The van der Waals surface area contributed by atoms with Gasteiger partial charge in [-0.3, -0.25) is 4.79 Å². The van der Waals surface area contributed by atoms with E-state index in [1.165, 1.54) is 0 Å². The predicted molar refractivity (Wildman–Crippen MR) is 74.3 cm³/mol. The Balaban J connectivity index is 2.31. The van der Waals surface area contributed by atoms with Crippen molar-refractivity contribution >= 4 is 10.9 Å². The molecular weight excluding hydrogens is 242 g/mol. The average molecular weight is 259 g/mol. The third kappa shape index (κ3) is 1.97. The molecule has 0 fully saturated rings. The number of benzene rings is 1. The summed E-state index contributed by atoms with van der Waals surface area (Å²) in [5.41, 5.74) is 2.71. The highest BCUT2D eigenvalue weighted by Gasteiger charge is 2.16. The van der Waals surface area contributed by atoms with Gasteiger partial charge in [0.1, 0.15) is 13.2 Å². The predicted octanol–water partition coefficient (Wildman–Crippen LogP) is 2.56. The lowest BCUT2D eigenvalue weighted by molar-refractivity contribution is 0.172. The Hall–Kier alpha value is -1.97. The summed E-state index contributed by atoms with van der Waals surface area (Å²) in [6.45, 7) is 5.12. The second kappa shape index (κ2) is 4.61. The molecule has 0 spiro atoms. The normalized spacial score (nSPS) is 13.8. The monoisotopic (exact) mass is 259 g/mol. The molecule has 1 aromatic heterocycles. The molecule has 0 amide bonds. The van der Waals surface area contributed by atoms with E-state index in [2.05, 4.69) is 11.9 Å². The zero-order valence-electron chi connectivity index (χ0n) is 11.2. The number of nitrogens with one attached hydrogen (secondary N) is 1. The Morgan fingerprint density at radius 2 is 1.89 bits per heavy atom. The standard InChI is InChI=1S/C15H17NO3/c1-3-4-10-9(2)15(17)16-12-8-14-13(7-11(10)12)18-5-6-19-14/h7-8H,3-6H2,1-2H3,(H,16,17). The molecule has 0 radical (unpaired) electrons. The summed E-state index contributed by atoms with van der Waals surface area (Å²) >= 11 is 0. The van der Waals surface area contributed by atoms with Gasteiger partial charge in [0.2, 0.25) is 0 Å². The van der Waals surface area contributed by atoms with Crippen molar-refractivity contribution in [1.29, 1.82) is 0 Å². The minimum Gasteiger partial charge on any atom is -0.486 e. The molecule has 0 saturated carbocycles. The van der Waals surface area contributed by atoms with Crippen LogP contribution in [0.3, 0.4) is 0 Å². The van der Waals surface area contributed by atoms with E-state index >= 15 is 0 Å². The van der Waals surface area contributed by atoms with Gasteiger partial charge < -0.3 is 14.5 Å². The summed E-state index contributed by atoms with van der Waals surface area (Å²) in [4.78, 5) is 14.9. The molecule has 2 aromatic rings. The molecule has 4 nitrogen and oxygen atoms in total. The van der Waals surface area contributed by atoms with Crippen LogP contribution in [0.25, 0.3) is 10.9 Å². The fraction of sp³-hybridized carbons (Fsp3) is 0.400. The summed E-state index contributed by atoms with van der Waals surface area (Å²) < 4.78 is 11.2. The van der Waals surface area contributed by atoms with Crippen LogP contribution in [0.15, 0.2) is 16.9 Å². The van der Waals surface area contributed by atoms with E-state index in [0.717, 1.165) is 40.6 Å². The van der Waals surface area contributed by atoms with Gasteiger partial charge in [-0.25, -0.2) is 0 Å². The minimum absolute atomic E-state index is 0.0207. The number of fused-ring (bicyclic) bond motifs is 2. The zero-order chi connectivity index (χ0) is 13.4. The maximum absolute atomic E-state index is 12.0. The Kier molecular flexibility index (Phi) is 2.93. The summed E-state index contributed by atoms with van der Waals surface area (Å²) in [6.07, 6.45) is 1.90. The highest BCUT2D eigenvalue weighted by Crippen LogP contribution is 2.35. The van der Waals surface area contributed by atoms with Gasteiger partial charge in [-0.1, -0.05) is 13.3 Å². The highest BCUT2D eigenvalue weighted by atomic mass is 16.6. The first-order valence-corrected chi connectivity index (χ1v) is 6.66. The van der Waals surface area contributed by atoms with E-state index in [1.54, 1.807) is 0 Å². The van der Waals surface area contributed by atoms with Gasteiger partial charge >= 0.3 is 0 Å². The first-order valence-electron chi connectivity index (χ1n) is 6.66. The second-order valence-electron chi connectivity index (χ2n) is 4.85.